The van der Waals surface area contributed by atoms with Crippen LogP contribution in [0, 0.1) is 0 Å². The van der Waals surface area contributed by atoms with Gasteiger partial charge in [-0.1, -0.05) is 201 Å². The number of imide groups is 2. The Balaban J connectivity index is 0.739. The van der Waals surface area contributed by atoms with Crippen LogP contribution in [0.15, 0.2) is 194 Å². The lowest BCUT2D eigenvalue weighted by Crippen LogP contribution is -2.41. The van der Waals surface area contributed by atoms with Crippen molar-refractivity contribution in [2.24, 2.45) is 0 Å². The molecule has 0 radical (unpaired) electrons. The van der Waals surface area contributed by atoms with Crippen LogP contribution >= 0.6 is 0 Å². The molecule has 412 valence electrons. The van der Waals surface area contributed by atoms with Gasteiger partial charge in [-0.25, -0.2) is 9.80 Å². The minimum absolute atomic E-state index is 0.233. The van der Waals surface area contributed by atoms with Crippen molar-refractivity contribution in [3.05, 3.63) is 239 Å². The van der Waals surface area contributed by atoms with E-state index in [-0.39, 0.29) is 34.5 Å². The van der Waals surface area contributed by atoms with Crippen molar-refractivity contribution in [1.82, 2.24) is 0 Å². The first-order valence-corrected chi connectivity index (χ1v) is 29.6. The predicted octanol–water partition coefficient (Wildman–Crippen LogP) is 19.7. The Morgan fingerprint density at radius 1 is 0.337 bits per heavy atom. The van der Waals surface area contributed by atoms with Crippen molar-refractivity contribution >= 4 is 121 Å². The molecule has 0 saturated heterocycles. The van der Waals surface area contributed by atoms with Crippen LogP contribution in [0.3, 0.4) is 0 Å². The number of ether oxygens (including phenoxy) is 1. The molecule has 3 aliphatic rings. The Bertz CT molecular complexity index is 5240. The number of fused-ring (bicyclic) bond motifs is 6. The zero-order valence-corrected chi connectivity index (χ0v) is 48.9. The number of rotatable bonds is 4. The fraction of sp³-hybridized carbons (Fsp3) is 0.139. The predicted molar refractivity (Wildman–Crippen MR) is 351 cm³/mol. The summed E-state index contributed by atoms with van der Waals surface area (Å²) in [7, 11) is 0. The minimum atomic E-state index is -0.654. The Labute approximate surface area is 496 Å². The molecule has 0 unspecified atom stereocenters. The lowest BCUT2D eigenvalue weighted by Gasteiger charge is -2.40. The maximum Gasteiger partial charge on any atom is 0.266 e. The summed E-state index contributed by atoms with van der Waals surface area (Å²) in [6, 6.07) is 65.8. The van der Waals surface area contributed by atoms with Crippen LogP contribution in [0.1, 0.15) is 119 Å². The average molecular weight is 1110 g/mol. The van der Waals surface area contributed by atoms with Gasteiger partial charge >= 0.3 is 0 Å². The molecular formula is C79H56N2O5. The van der Waals surface area contributed by atoms with Crippen LogP contribution in [0.25, 0.3) is 108 Å². The van der Waals surface area contributed by atoms with Gasteiger partial charge in [-0.15, -0.1) is 0 Å². The summed E-state index contributed by atoms with van der Waals surface area (Å²) >= 11 is 0. The highest BCUT2D eigenvalue weighted by atomic mass is 16.5. The number of anilines is 2. The quantitative estimate of drug-likeness (QED) is 0.0996. The van der Waals surface area contributed by atoms with E-state index in [0.29, 0.717) is 55.9 Å². The normalized spacial score (nSPS) is 15.0. The maximum atomic E-state index is 15.5. The lowest BCUT2D eigenvalue weighted by atomic mass is 9.70. The van der Waals surface area contributed by atoms with E-state index in [9.17, 15) is 9.59 Å². The van der Waals surface area contributed by atoms with Gasteiger partial charge in [0.25, 0.3) is 23.6 Å². The lowest BCUT2D eigenvalue weighted by molar-refractivity contribution is 0.0877. The topological polar surface area (TPSA) is 84.0 Å². The van der Waals surface area contributed by atoms with E-state index in [0.717, 1.165) is 109 Å². The number of amides is 4. The van der Waals surface area contributed by atoms with Gasteiger partial charge in [0.2, 0.25) is 0 Å². The molecule has 3 heterocycles. The Kier molecular flexibility index (Phi) is 9.93. The zero-order chi connectivity index (χ0) is 58.8. The van der Waals surface area contributed by atoms with Crippen molar-refractivity contribution in [1.29, 1.82) is 0 Å². The fourth-order valence-corrected chi connectivity index (χ4v) is 14.8. The number of hydrogen-bond donors (Lipinski definition) is 0. The van der Waals surface area contributed by atoms with Gasteiger partial charge in [0.15, 0.2) is 5.75 Å². The maximum absolute atomic E-state index is 15.5. The van der Waals surface area contributed by atoms with Gasteiger partial charge in [-0.3, -0.25) is 19.2 Å². The van der Waals surface area contributed by atoms with Crippen molar-refractivity contribution in [2.45, 2.75) is 71.6 Å². The highest BCUT2D eigenvalue weighted by molar-refractivity contribution is 6.44. The molecule has 0 aromatic heterocycles. The summed E-state index contributed by atoms with van der Waals surface area (Å²) in [6.07, 6.45) is 0. The summed E-state index contributed by atoms with van der Waals surface area (Å²) in [5.74, 6) is -0.324. The summed E-state index contributed by atoms with van der Waals surface area (Å²) in [4.78, 5) is 63.0. The van der Waals surface area contributed by atoms with Crippen molar-refractivity contribution in [3.8, 4) is 33.8 Å². The Morgan fingerprint density at radius 3 is 1.12 bits per heavy atom. The summed E-state index contributed by atoms with van der Waals surface area (Å²) in [5.41, 5.74) is 9.36. The van der Waals surface area contributed by atoms with E-state index in [2.05, 4.69) is 183 Å². The van der Waals surface area contributed by atoms with E-state index >= 15 is 9.59 Å². The van der Waals surface area contributed by atoms with Crippen molar-refractivity contribution in [2.75, 3.05) is 9.80 Å². The second-order valence-corrected chi connectivity index (χ2v) is 26.6. The minimum Gasteiger partial charge on any atom is -0.454 e. The van der Waals surface area contributed by atoms with Crippen LogP contribution in [0.2, 0.25) is 0 Å². The number of hydrogen-bond acceptors (Lipinski definition) is 5. The third-order valence-electron chi connectivity index (χ3n) is 19.4. The summed E-state index contributed by atoms with van der Waals surface area (Å²) in [5, 5.41) is 16.4. The molecule has 0 bridgehead atoms. The fourth-order valence-electron chi connectivity index (χ4n) is 14.8. The first-order chi connectivity index (χ1) is 41.3. The van der Waals surface area contributed by atoms with Crippen molar-refractivity contribution in [3.63, 3.8) is 0 Å². The van der Waals surface area contributed by atoms with Crippen LogP contribution in [0.5, 0.6) is 11.5 Å². The average Bonchev–Trinajstić information content (AvgIpc) is 0.736. The van der Waals surface area contributed by atoms with E-state index in [4.69, 9.17) is 4.74 Å². The van der Waals surface area contributed by atoms with Crippen LogP contribution in [-0.2, 0) is 16.2 Å². The highest BCUT2D eigenvalue weighted by Gasteiger charge is 2.44. The van der Waals surface area contributed by atoms with Gasteiger partial charge in [0.1, 0.15) is 5.75 Å². The summed E-state index contributed by atoms with van der Waals surface area (Å²) < 4.78 is 7.40. The smallest absolute Gasteiger partial charge is 0.266 e. The van der Waals surface area contributed by atoms with Gasteiger partial charge in [-0.05, 0) is 163 Å². The first kappa shape index (κ1) is 50.3. The molecule has 0 spiro atoms. The third kappa shape index (κ3) is 6.68. The molecule has 7 nitrogen and oxygen atoms in total. The molecule has 4 amide bonds. The van der Waals surface area contributed by atoms with Crippen LogP contribution < -0.4 is 14.5 Å². The first-order valence-electron chi connectivity index (χ1n) is 29.6. The monoisotopic (exact) mass is 1110 g/mol. The molecule has 0 fully saturated rings. The van der Waals surface area contributed by atoms with Crippen molar-refractivity contribution < 1.29 is 23.9 Å². The van der Waals surface area contributed by atoms with Gasteiger partial charge in [0, 0.05) is 55.1 Å². The van der Waals surface area contributed by atoms with E-state index in [1.54, 1.807) is 0 Å². The van der Waals surface area contributed by atoms with E-state index < -0.39 is 5.41 Å². The number of carbonyl (C=O) groups excluding carboxylic acids is 4. The largest absolute Gasteiger partial charge is 0.454 e. The second kappa shape index (κ2) is 17.0. The van der Waals surface area contributed by atoms with E-state index in [1.165, 1.54) is 20.6 Å². The van der Waals surface area contributed by atoms with Crippen LogP contribution in [-0.4, -0.2) is 23.6 Å². The third-order valence-corrected chi connectivity index (χ3v) is 19.4. The summed E-state index contributed by atoms with van der Waals surface area (Å²) in [6.45, 7) is 17.6. The number of benzene rings is 14. The number of nitrogens with zero attached hydrogens (tertiary/aromatic N) is 2. The molecule has 86 heavy (non-hydrogen) atoms. The Hall–Kier alpha value is -10.2. The molecule has 7 heteroatoms. The molecule has 3 aliphatic heterocycles. The second-order valence-electron chi connectivity index (χ2n) is 26.6. The van der Waals surface area contributed by atoms with Gasteiger partial charge in [0.05, 0.1) is 11.4 Å². The standard InChI is InChI=1S/C79H56N2O5/c1-77(2,3)46-37-61(43-23-21-41(22-24-43)42-25-27-48(28-26-42)80-73(82)57-33-29-53-49-17-9-13-44-14-10-18-50(65(44)49)54-30-34-58(74(80)83)69(57)67(53)54)71-62(38-46)79(7,8)63-39-47(78(4,5)6)40-64(72(63)86-71)81-75(84)59-35-31-55-51-19-11-15-45-16-12-20-52(66(45)51)56-32-36-60(76(81)85)70(59)68(55)56/h9-40H,1-8H3. The Morgan fingerprint density at radius 2 is 0.698 bits per heavy atom. The molecule has 14 aromatic carbocycles. The molecule has 17 rings (SSSR count). The van der Waals surface area contributed by atoms with E-state index in [1.807, 2.05) is 66.7 Å². The molecule has 14 aromatic rings. The molecule has 0 aliphatic carbocycles. The molecule has 0 atom stereocenters. The molecular weight excluding hydrogens is 1060 g/mol. The van der Waals surface area contributed by atoms with Gasteiger partial charge in [-0.2, -0.15) is 0 Å². The molecule has 0 saturated carbocycles. The zero-order valence-electron chi connectivity index (χ0n) is 48.9. The van der Waals surface area contributed by atoms with Crippen LogP contribution in [0.4, 0.5) is 11.4 Å². The SMILES string of the molecule is CC(C)(C)c1cc(-c2ccc(-c3ccc(N4C(=O)c5ccc6c7cccc8cccc(c9ccc(c5c69)C4=O)c87)cc3)cc2)c2c(c1)C(C)(C)c1cc(C(C)(C)C)cc(N3C(=O)c4ccc5c6cccc7cccc(c8ccc(c4c58)C3=O)c76)c1O2. The number of carbonyl (C=O) groups is 4. The highest BCUT2D eigenvalue weighted by Crippen LogP contribution is 2.58. The van der Waals surface area contributed by atoms with Gasteiger partial charge < -0.3 is 4.74 Å². The molecule has 0 N–H and O–H groups in total.